The van der Waals surface area contributed by atoms with Crippen molar-refractivity contribution >= 4 is 0 Å². The molecule has 12 heavy (non-hydrogen) atoms. The summed E-state index contributed by atoms with van der Waals surface area (Å²) in [4.78, 5) is 4.06. The van der Waals surface area contributed by atoms with Gasteiger partial charge in [0, 0.05) is 18.9 Å². The molecule has 0 amide bonds. The minimum absolute atomic E-state index is 0.648. The van der Waals surface area contributed by atoms with Crippen molar-refractivity contribution in [3.63, 3.8) is 0 Å². The normalized spacial score (nSPS) is 19.4. The third kappa shape index (κ3) is 1.52. The molecule has 1 aromatic rings. The molecule has 0 unspecified atom stereocenters. The minimum Gasteiger partial charge on any atom is -0.337 e. The predicted octanol–water partition coefficient (Wildman–Crippen LogP) is 2.46. The van der Waals surface area contributed by atoms with E-state index in [1.165, 1.54) is 32.2 Å². The van der Waals surface area contributed by atoms with Crippen molar-refractivity contribution in [2.24, 2.45) is 5.41 Å². The molecule has 1 aromatic heterocycles. The Morgan fingerprint density at radius 2 is 2.33 bits per heavy atom. The lowest BCUT2D eigenvalue weighted by molar-refractivity contribution is 0.388. The molecule has 66 valence electrons. The highest BCUT2D eigenvalue weighted by Gasteiger charge is 2.41. The summed E-state index contributed by atoms with van der Waals surface area (Å²) in [6, 6.07) is 0. The van der Waals surface area contributed by atoms with Gasteiger partial charge in [-0.15, -0.1) is 0 Å². The molecular formula is C10H16N2. The van der Waals surface area contributed by atoms with Crippen LogP contribution in [0.3, 0.4) is 0 Å². The van der Waals surface area contributed by atoms with Crippen molar-refractivity contribution in [3.05, 3.63) is 18.7 Å². The SMILES string of the molecule is CCCC1(Cn2ccnc2)CC1. The number of hydrogen-bond acceptors (Lipinski definition) is 1. The molecule has 0 aliphatic heterocycles. The fourth-order valence-electron chi connectivity index (χ4n) is 1.96. The summed E-state index contributed by atoms with van der Waals surface area (Å²) in [7, 11) is 0. The Bertz CT molecular complexity index is 234. The molecule has 0 saturated heterocycles. The number of nitrogens with zero attached hydrogens (tertiary/aromatic N) is 2. The Morgan fingerprint density at radius 1 is 1.50 bits per heavy atom. The van der Waals surface area contributed by atoms with Gasteiger partial charge in [-0.2, -0.15) is 0 Å². The maximum atomic E-state index is 4.06. The van der Waals surface area contributed by atoms with Gasteiger partial charge in [0.05, 0.1) is 6.33 Å². The molecule has 2 nitrogen and oxygen atoms in total. The third-order valence-corrected chi connectivity index (χ3v) is 2.81. The zero-order valence-corrected chi connectivity index (χ0v) is 7.66. The van der Waals surface area contributed by atoms with E-state index in [4.69, 9.17) is 0 Å². The van der Waals surface area contributed by atoms with Crippen molar-refractivity contribution in [1.82, 2.24) is 9.55 Å². The van der Waals surface area contributed by atoms with E-state index < -0.39 is 0 Å². The second kappa shape index (κ2) is 2.92. The molecule has 1 saturated carbocycles. The van der Waals surface area contributed by atoms with Gasteiger partial charge in [0.25, 0.3) is 0 Å². The fraction of sp³-hybridized carbons (Fsp3) is 0.700. The summed E-state index contributed by atoms with van der Waals surface area (Å²) in [5, 5.41) is 0. The van der Waals surface area contributed by atoms with E-state index in [0.717, 1.165) is 0 Å². The van der Waals surface area contributed by atoms with Crippen LogP contribution in [0.1, 0.15) is 32.6 Å². The molecule has 1 aliphatic carbocycles. The van der Waals surface area contributed by atoms with Crippen LogP contribution in [-0.2, 0) is 6.54 Å². The van der Waals surface area contributed by atoms with E-state index in [0.29, 0.717) is 5.41 Å². The zero-order chi connectivity index (χ0) is 8.44. The Morgan fingerprint density at radius 3 is 2.83 bits per heavy atom. The van der Waals surface area contributed by atoms with Crippen LogP contribution in [0.5, 0.6) is 0 Å². The summed E-state index contributed by atoms with van der Waals surface area (Å²) >= 11 is 0. The summed E-state index contributed by atoms with van der Waals surface area (Å²) in [5.41, 5.74) is 0.648. The average molecular weight is 164 g/mol. The Labute approximate surface area is 73.6 Å². The molecule has 2 rings (SSSR count). The monoisotopic (exact) mass is 164 g/mol. The molecule has 0 radical (unpaired) electrons. The second-order valence-electron chi connectivity index (χ2n) is 3.99. The first kappa shape index (κ1) is 7.84. The van der Waals surface area contributed by atoms with Gasteiger partial charge in [-0.1, -0.05) is 13.3 Å². The van der Waals surface area contributed by atoms with Crippen molar-refractivity contribution < 1.29 is 0 Å². The maximum absolute atomic E-state index is 4.06. The molecule has 1 heterocycles. The van der Waals surface area contributed by atoms with E-state index in [1.54, 1.807) is 0 Å². The summed E-state index contributed by atoms with van der Waals surface area (Å²) in [5.74, 6) is 0. The van der Waals surface area contributed by atoms with E-state index >= 15 is 0 Å². The largest absolute Gasteiger partial charge is 0.337 e. The van der Waals surface area contributed by atoms with E-state index in [1.807, 2.05) is 12.5 Å². The van der Waals surface area contributed by atoms with Crippen molar-refractivity contribution in [1.29, 1.82) is 0 Å². The Kier molecular flexibility index (Phi) is 1.91. The molecule has 1 aliphatic rings. The minimum atomic E-state index is 0.648. The van der Waals surface area contributed by atoms with Gasteiger partial charge < -0.3 is 4.57 Å². The Balaban J connectivity index is 1.94. The lowest BCUT2D eigenvalue weighted by Gasteiger charge is -2.13. The lowest BCUT2D eigenvalue weighted by atomic mass is 10.0. The van der Waals surface area contributed by atoms with E-state index in [2.05, 4.69) is 22.7 Å². The predicted molar refractivity (Wildman–Crippen MR) is 48.8 cm³/mol. The molecule has 0 bridgehead atoms. The van der Waals surface area contributed by atoms with Gasteiger partial charge >= 0.3 is 0 Å². The van der Waals surface area contributed by atoms with Gasteiger partial charge in [0.1, 0.15) is 0 Å². The number of hydrogen-bond donors (Lipinski definition) is 0. The highest BCUT2D eigenvalue weighted by Crippen LogP contribution is 2.50. The van der Waals surface area contributed by atoms with Gasteiger partial charge in [-0.3, -0.25) is 0 Å². The zero-order valence-electron chi connectivity index (χ0n) is 7.66. The quantitative estimate of drug-likeness (QED) is 0.668. The van der Waals surface area contributed by atoms with Crippen LogP contribution in [0.2, 0.25) is 0 Å². The van der Waals surface area contributed by atoms with Crippen LogP contribution in [-0.4, -0.2) is 9.55 Å². The molecule has 0 N–H and O–H groups in total. The summed E-state index contributed by atoms with van der Waals surface area (Å²) in [6.45, 7) is 3.45. The number of aromatic nitrogens is 2. The van der Waals surface area contributed by atoms with Crippen molar-refractivity contribution in [2.75, 3.05) is 0 Å². The topological polar surface area (TPSA) is 17.8 Å². The highest BCUT2D eigenvalue weighted by atomic mass is 15.0. The first-order valence-electron chi connectivity index (χ1n) is 4.80. The maximum Gasteiger partial charge on any atom is 0.0946 e. The smallest absolute Gasteiger partial charge is 0.0946 e. The summed E-state index contributed by atoms with van der Waals surface area (Å²) in [6.07, 6.45) is 11.4. The van der Waals surface area contributed by atoms with E-state index in [-0.39, 0.29) is 0 Å². The van der Waals surface area contributed by atoms with Crippen LogP contribution in [0.15, 0.2) is 18.7 Å². The molecule has 1 fully saturated rings. The van der Waals surface area contributed by atoms with Gasteiger partial charge in [-0.05, 0) is 24.7 Å². The van der Waals surface area contributed by atoms with Crippen LogP contribution in [0.25, 0.3) is 0 Å². The number of rotatable bonds is 4. The van der Waals surface area contributed by atoms with Crippen LogP contribution in [0, 0.1) is 5.41 Å². The molecule has 0 aromatic carbocycles. The average Bonchev–Trinajstić information content (AvgIpc) is 2.63. The van der Waals surface area contributed by atoms with Crippen molar-refractivity contribution in [2.45, 2.75) is 39.2 Å². The third-order valence-electron chi connectivity index (χ3n) is 2.81. The fourth-order valence-corrected chi connectivity index (χ4v) is 1.96. The van der Waals surface area contributed by atoms with Gasteiger partial charge in [0.2, 0.25) is 0 Å². The van der Waals surface area contributed by atoms with Crippen molar-refractivity contribution in [3.8, 4) is 0 Å². The van der Waals surface area contributed by atoms with Crippen LogP contribution in [0.4, 0.5) is 0 Å². The Hall–Kier alpha value is -0.790. The summed E-state index contributed by atoms with van der Waals surface area (Å²) < 4.78 is 2.21. The lowest BCUT2D eigenvalue weighted by Crippen LogP contribution is -2.09. The number of imidazole rings is 1. The van der Waals surface area contributed by atoms with Gasteiger partial charge in [0.15, 0.2) is 0 Å². The molecule has 2 heteroatoms. The standard InChI is InChI=1S/C10H16N2/c1-2-3-10(4-5-10)8-12-7-6-11-9-12/h6-7,9H,2-5,8H2,1H3. The molecular weight excluding hydrogens is 148 g/mol. The van der Waals surface area contributed by atoms with Crippen LogP contribution >= 0.6 is 0 Å². The van der Waals surface area contributed by atoms with Crippen LogP contribution < -0.4 is 0 Å². The first-order chi connectivity index (χ1) is 5.85. The van der Waals surface area contributed by atoms with E-state index in [9.17, 15) is 0 Å². The van der Waals surface area contributed by atoms with Gasteiger partial charge in [-0.25, -0.2) is 4.98 Å². The second-order valence-corrected chi connectivity index (χ2v) is 3.99. The molecule has 0 atom stereocenters. The highest BCUT2D eigenvalue weighted by molar-refractivity contribution is 4.93. The molecule has 0 spiro atoms. The first-order valence-corrected chi connectivity index (χ1v) is 4.80.